The average Bonchev–Trinajstić information content (AvgIpc) is 0.671. The molecule has 672 valence electrons. The van der Waals surface area contributed by atoms with E-state index in [0.29, 0.717) is 25.7 Å². The first-order valence-electron chi connectivity index (χ1n) is 58.5. The minimum Gasteiger partial charge on any atom is -0.493 e. The van der Waals surface area contributed by atoms with Crippen LogP contribution in [0.3, 0.4) is 0 Å². The second kappa shape index (κ2) is 43.9. The zero-order chi connectivity index (χ0) is 118. The molecule has 4 aromatic carbocycles. The number of carbonyl (C=O) groups is 4. The van der Waals surface area contributed by atoms with E-state index in [4.69, 9.17) is 121 Å². The number of fused-ring (bicyclic) bond motifs is 12. The zero-order valence-electron chi connectivity index (χ0n) is 108. The topological polar surface area (TPSA) is 296 Å². The summed E-state index contributed by atoms with van der Waals surface area (Å²) in [6.45, 7) is 18.1. The van der Waals surface area contributed by atoms with Gasteiger partial charge in [0, 0.05) is 148 Å². The lowest BCUT2D eigenvalue weighted by atomic mass is 9.79. The van der Waals surface area contributed by atoms with E-state index in [1.807, 2.05) is 55.4 Å². The van der Waals surface area contributed by atoms with Crippen LogP contribution in [-0.2, 0) is 63.6 Å². The van der Waals surface area contributed by atoms with Crippen molar-refractivity contribution in [3.05, 3.63) is 92.8 Å². The van der Waals surface area contributed by atoms with Crippen molar-refractivity contribution >= 4 is 23.9 Å². The quantitative estimate of drug-likeness (QED) is 0.0303. The van der Waals surface area contributed by atoms with Gasteiger partial charge < -0.3 is 79.8 Å². The molecular formula is C96H152N8O16. The van der Waals surface area contributed by atoms with Crippen molar-refractivity contribution in [2.75, 3.05) is 109 Å². The summed E-state index contributed by atoms with van der Waals surface area (Å²) in [6.07, 6.45) is -15.1. The highest BCUT2D eigenvalue weighted by molar-refractivity contribution is 5.77. The number of esters is 4. The average molecular weight is 1710 g/mol. The van der Waals surface area contributed by atoms with Gasteiger partial charge in [-0.2, -0.15) is 0 Å². The van der Waals surface area contributed by atoms with Crippen molar-refractivity contribution in [2.24, 2.45) is 93.9 Å². The Labute approximate surface area is 766 Å². The molecule has 0 amide bonds. The van der Waals surface area contributed by atoms with E-state index in [9.17, 15) is 24.7 Å². The predicted octanol–water partition coefficient (Wildman–Crippen LogP) is 14.3. The number of nitrogens with two attached hydrogens (primary N) is 4. The first-order chi connectivity index (χ1) is 70.1. The molecule has 24 heteroatoms. The van der Waals surface area contributed by atoms with Crippen LogP contribution >= 0.6 is 0 Å². The Balaban J connectivity index is 0.000000227. The maximum absolute atomic E-state index is 13.0. The van der Waals surface area contributed by atoms with E-state index in [0.717, 1.165) is 28.9 Å². The number of nitrogens with zero attached hydrogens (tertiary/aromatic N) is 4. The molecular weight excluding hydrogens is 1520 g/mol. The van der Waals surface area contributed by atoms with E-state index in [1.165, 1.54) is 33.3 Å². The Morgan fingerprint density at radius 1 is 0.358 bits per heavy atom. The number of piperidine rings is 4. The Morgan fingerprint density at radius 3 is 0.875 bits per heavy atom. The van der Waals surface area contributed by atoms with Gasteiger partial charge in [0.15, 0.2) is 46.0 Å². The maximum atomic E-state index is 13.0. The first kappa shape index (κ1) is 58.9. The predicted molar refractivity (Wildman–Crippen MR) is 471 cm³/mol. The van der Waals surface area contributed by atoms with Crippen molar-refractivity contribution in [3.8, 4) is 46.0 Å². The van der Waals surface area contributed by atoms with Gasteiger partial charge >= 0.3 is 23.9 Å². The summed E-state index contributed by atoms with van der Waals surface area (Å²) in [5.74, 6) is -8.30. The number of ether oxygens (including phenoxy) is 12. The van der Waals surface area contributed by atoms with E-state index < -0.39 is 267 Å². The normalized spacial score (nSPS) is 35.0. The molecule has 16 atom stereocenters. The first-order valence-corrected chi connectivity index (χ1v) is 41.5. The molecule has 0 bridgehead atoms. The van der Waals surface area contributed by atoms with E-state index in [-0.39, 0.29) is 157 Å². The van der Waals surface area contributed by atoms with Crippen molar-refractivity contribution in [2.45, 2.75) is 260 Å². The van der Waals surface area contributed by atoms with Crippen molar-refractivity contribution in [1.29, 1.82) is 0 Å². The molecule has 0 radical (unpaired) electrons. The van der Waals surface area contributed by atoms with Gasteiger partial charge in [-0.05, 0) is 191 Å². The Kier molecular flexibility index (Phi) is 21.6. The molecule has 120 heavy (non-hydrogen) atoms. The minimum absolute atomic E-state index is 0.0229. The minimum atomic E-state index is -3.09. The largest absolute Gasteiger partial charge is 0.493 e. The fourth-order valence-corrected chi connectivity index (χ4v) is 15.6. The van der Waals surface area contributed by atoms with E-state index >= 15 is 0 Å². The van der Waals surface area contributed by atoms with Crippen molar-refractivity contribution in [3.63, 3.8) is 0 Å². The summed E-state index contributed by atoms with van der Waals surface area (Å²) in [6, 6.07) is -15.6. The van der Waals surface area contributed by atoms with Crippen LogP contribution in [0, 0.1) is 71.0 Å². The third-order valence-corrected chi connectivity index (χ3v) is 22.4. The molecule has 0 aromatic heterocycles. The summed E-state index contributed by atoms with van der Waals surface area (Å²) in [5, 5.41) is 0. The van der Waals surface area contributed by atoms with Crippen LogP contribution in [0.5, 0.6) is 46.0 Å². The molecule has 4 saturated heterocycles. The van der Waals surface area contributed by atoms with Gasteiger partial charge in [-0.25, -0.2) is 0 Å². The van der Waals surface area contributed by atoms with Gasteiger partial charge in [-0.3, -0.25) is 38.8 Å². The molecule has 0 aliphatic carbocycles. The lowest BCUT2D eigenvalue weighted by Gasteiger charge is -2.47. The number of rotatable bonds is 28. The number of benzene rings is 4. The molecule has 4 fully saturated rings. The monoisotopic (exact) mass is 1710 g/mol. The lowest BCUT2D eigenvalue weighted by Crippen LogP contribution is -2.51. The molecule has 8 N–H and O–H groups in total. The zero-order valence-corrected chi connectivity index (χ0v) is 73.7. The van der Waals surface area contributed by atoms with E-state index in [1.54, 1.807) is 55.4 Å². The van der Waals surface area contributed by atoms with Gasteiger partial charge in [0.1, 0.15) is 48.6 Å². The van der Waals surface area contributed by atoms with Crippen molar-refractivity contribution in [1.82, 2.24) is 19.6 Å². The van der Waals surface area contributed by atoms with Crippen molar-refractivity contribution < 1.29 is 123 Å². The maximum Gasteiger partial charge on any atom is 0.323 e. The Bertz CT molecular complexity index is 5590. The molecule has 8 aliphatic rings. The Hall–Kier alpha value is -7.16. The van der Waals surface area contributed by atoms with E-state index in [2.05, 4.69) is 0 Å². The molecule has 12 rings (SSSR count). The molecule has 4 aromatic rings. The SMILES string of the molecule is [2H]c1c(OC)c(OC([2H])([2H])[2H])c([2H])c2c1C1([2H])CC(OC(=O)[C@@H](N)C(C)C)C(CC(C)C)CN1C([2H])([2H])C2([2H])[2H].[2H]c1c(OC)c(OC([2H])([2H])[2H])c([2H])c2c1C1CC([2H])(OC(=O)[C@@H](N)C(C)C)C(CC(C)C)CN1C([2H])([2H])C2([2H])[2H].[2H]c1c(OC)c(OC)c([2H])c2c1C1([2H])CC(OC(=O)[C@@H](N)C(C)C)C(CC(C)C)CN1C([2H])([2H])C2([2H])[2H].[2H]c1c(OC)c(OC)c([2H])c2c1C1([2H])CC(OC(=O)[C@@H](N)C(C)C)C(CC(C)C)CN1C([2H])([2H])C2([2H])[2H]. The van der Waals surface area contributed by atoms with Crippen LogP contribution < -0.4 is 60.8 Å². The summed E-state index contributed by atoms with van der Waals surface area (Å²) in [5.41, 5.74) is 21.1. The van der Waals surface area contributed by atoms with Crippen LogP contribution in [0.2, 0.25) is 0 Å². The van der Waals surface area contributed by atoms with Crippen LogP contribution in [0.25, 0.3) is 0 Å². The molecule has 24 nitrogen and oxygen atoms in total. The molecule has 12 unspecified atom stereocenters. The van der Waals surface area contributed by atoms with Gasteiger partial charge in [0.2, 0.25) is 0 Å². The second-order valence-electron chi connectivity index (χ2n) is 34.6. The lowest BCUT2D eigenvalue weighted by molar-refractivity contribution is -0.161. The number of methoxy groups -OCH3 is 8. The van der Waals surface area contributed by atoms with Gasteiger partial charge in [0.05, 0.1) is 81.4 Å². The fraction of sp³-hybridized carbons (Fsp3) is 0.708. The highest BCUT2D eigenvalue weighted by Crippen LogP contribution is 2.50. The summed E-state index contributed by atoms with van der Waals surface area (Å²) < 4.78 is 359. The third kappa shape index (κ3) is 23.8. The van der Waals surface area contributed by atoms with Gasteiger partial charge in [-0.15, -0.1) is 0 Å². The molecule has 0 spiro atoms. The second-order valence-corrected chi connectivity index (χ2v) is 34.6. The fourth-order valence-electron chi connectivity index (χ4n) is 15.6. The summed E-state index contributed by atoms with van der Waals surface area (Å²) in [7, 11) is 1.18. The third-order valence-electron chi connectivity index (χ3n) is 22.4. The summed E-state index contributed by atoms with van der Waals surface area (Å²) >= 11 is 0. The highest BCUT2D eigenvalue weighted by Gasteiger charge is 2.47. The summed E-state index contributed by atoms with van der Waals surface area (Å²) in [4.78, 5) is 56.1. The smallest absolute Gasteiger partial charge is 0.323 e. The number of hydrogen-bond acceptors (Lipinski definition) is 24. The number of hydrogen-bond donors (Lipinski definition) is 4. The molecule has 8 heterocycles. The highest BCUT2D eigenvalue weighted by atomic mass is 16.6. The van der Waals surface area contributed by atoms with Crippen LogP contribution in [0.15, 0.2) is 48.3 Å². The van der Waals surface area contributed by atoms with Crippen LogP contribution in [0.4, 0.5) is 0 Å². The number of carbonyl (C=O) groups excluding carboxylic acids is 4. The van der Waals surface area contributed by atoms with Gasteiger partial charge in [-0.1, -0.05) is 111 Å². The Morgan fingerprint density at radius 2 is 0.600 bits per heavy atom. The standard InChI is InChI=1S/4C24H38N2O4/c4*1-14(2)9-17-13-26-8-7-16-10-21(28-5)22(29-6)11-18(16)19(26)12-20(17)30-24(27)23(25)15(3)4/h4*10-11,14-15,17,19-20,23H,7-9,12-13,25H2,1-6H3/t4*17?,19?,20?,23-/m0000/s1/i5D3,7D2,8D2,10D,11D,20D;5D3,7D2,8D2,10D,11D,19D;2*7D2,8D2,10D,11D,19D. The van der Waals surface area contributed by atoms with Crippen LogP contribution in [-0.4, -0.2) is 201 Å². The molecule has 0 saturated carbocycles. The molecule has 8 aliphatic heterocycles. The van der Waals surface area contributed by atoms with Gasteiger partial charge in [0.25, 0.3) is 0 Å². The van der Waals surface area contributed by atoms with Crippen LogP contribution in [0.1, 0.15) is 277 Å².